The lowest BCUT2D eigenvalue weighted by Crippen LogP contribution is -2.32. The number of carbonyl (C=O) groups excluding carboxylic acids is 1. The van der Waals surface area contributed by atoms with Gasteiger partial charge in [-0.2, -0.15) is 0 Å². The Morgan fingerprint density at radius 3 is 2.38 bits per heavy atom. The molecular formula is C20H30O. The van der Waals surface area contributed by atoms with E-state index in [4.69, 9.17) is 0 Å². The van der Waals surface area contributed by atoms with Gasteiger partial charge in [0.15, 0.2) is 0 Å². The molecule has 116 valence electrons. The lowest BCUT2D eigenvalue weighted by molar-refractivity contribution is -0.104. The molecular weight excluding hydrogens is 256 g/mol. The molecule has 0 heterocycles. The molecule has 1 fully saturated rings. The molecule has 0 aliphatic heterocycles. The summed E-state index contributed by atoms with van der Waals surface area (Å²) in [6.07, 6.45) is 17.1. The minimum atomic E-state index is 0.410. The molecule has 2 unspecified atom stereocenters. The van der Waals surface area contributed by atoms with E-state index in [0.717, 1.165) is 17.8 Å². The number of hydrogen-bond acceptors (Lipinski definition) is 1. The molecule has 1 heteroatoms. The lowest BCUT2D eigenvalue weighted by atomic mass is 9.64. The van der Waals surface area contributed by atoms with Gasteiger partial charge in [0.1, 0.15) is 6.29 Å². The van der Waals surface area contributed by atoms with E-state index in [2.05, 4.69) is 45.9 Å². The second-order valence-electron chi connectivity index (χ2n) is 7.06. The van der Waals surface area contributed by atoms with Gasteiger partial charge in [-0.05, 0) is 49.2 Å². The summed E-state index contributed by atoms with van der Waals surface area (Å²) < 4.78 is 0. The van der Waals surface area contributed by atoms with Gasteiger partial charge in [-0.25, -0.2) is 0 Å². The fourth-order valence-corrected chi connectivity index (χ4v) is 3.27. The van der Waals surface area contributed by atoms with Crippen molar-refractivity contribution in [3.05, 3.63) is 47.6 Å². The zero-order valence-corrected chi connectivity index (χ0v) is 14.2. The van der Waals surface area contributed by atoms with Crippen LogP contribution in [-0.4, -0.2) is 6.29 Å². The Kier molecular flexibility index (Phi) is 6.87. The van der Waals surface area contributed by atoms with Crippen LogP contribution in [0.1, 0.15) is 53.9 Å². The summed E-state index contributed by atoms with van der Waals surface area (Å²) in [5.41, 5.74) is 2.63. The van der Waals surface area contributed by atoms with Crippen molar-refractivity contribution in [3.63, 3.8) is 0 Å². The Labute approximate surface area is 130 Å². The predicted molar refractivity (Wildman–Crippen MR) is 92.1 cm³/mol. The minimum absolute atomic E-state index is 0.410. The van der Waals surface area contributed by atoms with E-state index in [1.54, 1.807) is 6.08 Å². The standard InChI is InChI=1S/C20H30O/c1-16(8-6-9-17(2)13-15-21)11-12-19-18(3)10-7-14-20(19,4)5/h6,8-9,11-13,15,18-19H,7,10,14H2,1-5H3/b9-6+,12-11+,16-8+,17-13+. The Bertz CT molecular complexity index is 460. The van der Waals surface area contributed by atoms with E-state index < -0.39 is 0 Å². The van der Waals surface area contributed by atoms with Crippen LogP contribution in [0.25, 0.3) is 0 Å². The minimum Gasteiger partial charge on any atom is -0.299 e. The molecule has 0 amide bonds. The molecule has 1 aliphatic rings. The highest BCUT2D eigenvalue weighted by Gasteiger charge is 2.34. The first-order chi connectivity index (χ1) is 9.86. The zero-order chi connectivity index (χ0) is 15.9. The van der Waals surface area contributed by atoms with Crippen LogP contribution in [0.2, 0.25) is 0 Å². The number of allylic oxidation sites excluding steroid dienone is 8. The summed E-state index contributed by atoms with van der Waals surface area (Å²) in [6.45, 7) is 11.2. The Balaban J connectivity index is 2.70. The molecule has 0 bridgehead atoms. The molecule has 21 heavy (non-hydrogen) atoms. The fraction of sp³-hybridized carbons (Fsp3) is 0.550. The summed E-state index contributed by atoms with van der Waals surface area (Å²) >= 11 is 0. The van der Waals surface area contributed by atoms with Crippen molar-refractivity contribution in [1.82, 2.24) is 0 Å². The predicted octanol–water partition coefficient (Wildman–Crippen LogP) is 5.65. The zero-order valence-electron chi connectivity index (χ0n) is 14.2. The van der Waals surface area contributed by atoms with Crippen molar-refractivity contribution >= 4 is 6.29 Å². The first-order valence-electron chi connectivity index (χ1n) is 8.02. The summed E-state index contributed by atoms with van der Waals surface area (Å²) in [6, 6.07) is 0. The molecule has 0 aromatic heterocycles. The molecule has 0 saturated heterocycles. The van der Waals surface area contributed by atoms with Crippen molar-refractivity contribution < 1.29 is 4.79 Å². The van der Waals surface area contributed by atoms with Crippen LogP contribution in [0.3, 0.4) is 0 Å². The monoisotopic (exact) mass is 286 g/mol. The van der Waals surface area contributed by atoms with Gasteiger partial charge in [0.25, 0.3) is 0 Å². The van der Waals surface area contributed by atoms with E-state index in [9.17, 15) is 4.79 Å². The van der Waals surface area contributed by atoms with Crippen molar-refractivity contribution in [2.45, 2.75) is 53.9 Å². The third-order valence-electron chi connectivity index (χ3n) is 4.61. The average Bonchev–Trinajstić information content (AvgIpc) is 2.37. The van der Waals surface area contributed by atoms with Crippen LogP contribution >= 0.6 is 0 Å². The topological polar surface area (TPSA) is 17.1 Å². The van der Waals surface area contributed by atoms with Gasteiger partial charge < -0.3 is 0 Å². The normalized spacial score (nSPS) is 27.5. The van der Waals surface area contributed by atoms with Crippen LogP contribution in [0, 0.1) is 17.3 Å². The van der Waals surface area contributed by atoms with Gasteiger partial charge in [0.05, 0.1) is 0 Å². The lowest BCUT2D eigenvalue weighted by Gasteiger charge is -2.41. The molecule has 2 atom stereocenters. The van der Waals surface area contributed by atoms with Crippen LogP contribution in [0.5, 0.6) is 0 Å². The summed E-state index contributed by atoms with van der Waals surface area (Å²) in [5.74, 6) is 1.43. The first kappa shape index (κ1) is 17.7. The van der Waals surface area contributed by atoms with E-state index in [1.807, 2.05) is 19.1 Å². The van der Waals surface area contributed by atoms with Crippen LogP contribution in [0.15, 0.2) is 47.6 Å². The Hall–Kier alpha value is -1.37. The summed E-state index contributed by atoms with van der Waals surface area (Å²) in [5, 5.41) is 0. The van der Waals surface area contributed by atoms with Crippen LogP contribution in [-0.2, 0) is 4.79 Å². The number of carbonyl (C=O) groups is 1. The quantitative estimate of drug-likeness (QED) is 0.362. The van der Waals surface area contributed by atoms with Crippen molar-refractivity contribution in [2.24, 2.45) is 17.3 Å². The highest BCUT2D eigenvalue weighted by Crippen LogP contribution is 2.44. The molecule has 1 rings (SSSR count). The van der Waals surface area contributed by atoms with Crippen molar-refractivity contribution in [3.8, 4) is 0 Å². The van der Waals surface area contributed by atoms with Gasteiger partial charge in [-0.3, -0.25) is 4.79 Å². The molecule has 0 spiro atoms. The van der Waals surface area contributed by atoms with E-state index in [0.29, 0.717) is 11.3 Å². The molecule has 0 radical (unpaired) electrons. The first-order valence-corrected chi connectivity index (χ1v) is 8.02. The highest BCUT2D eigenvalue weighted by molar-refractivity contribution is 5.66. The van der Waals surface area contributed by atoms with E-state index in [1.165, 1.54) is 24.8 Å². The smallest absolute Gasteiger partial charge is 0.143 e. The number of hydrogen-bond donors (Lipinski definition) is 0. The second-order valence-corrected chi connectivity index (χ2v) is 7.06. The van der Waals surface area contributed by atoms with Crippen molar-refractivity contribution in [2.75, 3.05) is 0 Å². The number of rotatable bonds is 5. The van der Waals surface area contributed by atoms with Crippen molar-refractivity contribution in [1.29, 1.82) is 0 Å². The molecule has 0 aromatic rings. The Morgan fingerprint density at radius 2 is 1.76 bits per heavy atom. The van der Waals surface area contributed by atoms with Crippen LogP contribution < -0.4 is 0 Å². The molecule has 1 nitrogen and oxygen atoms in total. The largest absolute Gasteiger partial charge is 0.299 e. The average molecular weight is 286 g/mol. The van der Waals surface area contributed by atoms with E-state index >= 15 is 0 Å². The third kappa shape index (κ3) is 5.87. The summed E-state index contributed by atoms with van der Waals surface area (Å²) in [7, 11) is 0. The van der Waals surface area contributed by atoms with Gasteiger partial charge in [0.2, 0.25) is 0 Å². The highest BCUT2D eigenvalue weighted by atomic mass is 16.1. The second kappa shape index (κ2) is 8.17. The molecule has 0 aromatic carbocycles. The molecule has 1 aliphatic carbocycles. The van der Waals surface area contributed by atoms with Crippen LogP contribution in [0.4, 0.5) is 0 Å². The number of aldehydes is 1. The Morgan fingerprint density at radius 1 is 1.10 bits per heavy atom. The third-order valence-corrected chi connectivity index (χ3v) is 4.61. The SMILES string of the molecule is CC(/C=C/C=C(C)/C=C/C1C(C)CCCC1(C)C)=C\C=O. The van der Waals surface area contributed by atoms with Gasteiger partial charge in [-0.15, -0.1) is 0 Å². The summed E-state index contributed by atoms with van der Waals surface area (Å²) in [4.78, 5) is 10.3. The maximum atomic E-state index is 10.3. The van der Waals surface area contributed by atoms with Gasteiger partial charge >= 0.3 is 0 Å². The maximum Gasteiger partial charge on any atom is 0.143 e. The van der Waals surface area contributed by atoms with Gasteiger partial charge in [-0.1, -0.05) is 69.6 Å². The van der Waals surface area contributed by atoms with Gasteiger partial charge in [0, 0.05) is 0 Å². The fourth-order valence-electron chi connectivity index (χ4n) is 3.27. The maximum absolute atomic E-state index is 10.3. The molecule has 1 saturated carbocycles. The molecule has 0 N–H and O–H groups in total. The van der Waals surface area contributed by atoms with E-state index in [-0.39, 0.29) is 0 Å².